The Bertz CT molecular complexity index is 552. The number of benzene rings is 1. The second kappa shape index (κ2) is 3.82. The van der Waals surface area contributed by atoms with E-state index in [2.05, 4.69) is 5.10 Å². The highest BCUT2D eigenvalue weighted by molar-refractivity contribution is 6.32. The van der Waals surface area contributed by atoms with Gasteiger partial charge in [0.2, 0.25) is 0 Å². The van der Waals surface area contributed by atoms with Crippen molar-refractivity contribution in [1.29, 1.82) is 0 Å². The number of nitrogens with two attached hydrogens (primary N) is 1. The van der Waals surface area contributed by atoms with Crippen LogP contribution in [0.4, 0.5) is 11.5 Å². The first-order valence-corrected chi connectivity index (χ1v) is 4.72. The van der Waals surface area contributed by atoms with E-state index in [-0.39, 0.29) is 22.2 Å². The van der Waals surface area contributed by atoms with Crippen LogP contribution in [0.25, 0.3) is 5.69 Å². The maximum atomic E-state index is 10.8. The number of halogens is 1. The van der Waals surface area contributed by atoms with Crippen LogP contribution < -0.4 is 5.73 Å². The molecule has 1 heterocycles. The summed E-state index contributed by atoms with van der Waals surface area (Å²) in [6.45, 7) is 0. The van der Waals surface area contributed by atoms with Crippen LogP contribution in [-0.2, 0) is 0 Å². The van der Waals surface area contributed by atoms with Gasteiger partial charge in [0.15, 0.2) is 5.69 Å². The van der Waals surface area contributed by atoms with Crippen LogP contribution in [0.5, 0.6) is 0 Å². The summed E-state index contributed by atoms with van der Waals surface area (Å²) in [7, 11) is 0. The van der Waals surface area contributed by atoms with Crippen LogP contribution in [0.15, 0.2) is 30.5 Å². The Kier molecular flexibility index (Phi) is 2.49. The van der Waals surface area contributed by atoms with Gasteiger partial charge in [-0.05, 0) is 6.07 Å². The van der Waals surface area contributed by atoms with Crippen molar-refractivity contribution in [3.63, 3.8) is 0 Å². The molecule has 7 heteroatoms. The number of para-hydroxylation sites is 1. The Balaban J connectivity index is 2.67. The lowest BCUT2D eigenvalue weighted by molar-refractivity contribution is -0.384. The third kappa shape index (κ3) is 1.70. The predicted octanol–water partition coefficient (Wildman–Crippen LogP) is 2.02. The van der Waals surface area contributed by atoms with Crippen molar-refractivity contribution >= 4 is 23.1 Å². The van der Waals surface area contributed by atoms with E-state index in [1.165, 1.54) is 29.1 Å². The monoisotopic (exact) mass is 238 g/mol. The maximum Gasteiger partial charge on any atom is 0.296 e. The molecule has 0 amide bonds. The van der Waals surface area contributed by atoms with Gasteiger partial charge in [-0.2, -0.15) is 5.10 Å². The van der Waals surface area contributed by atoms with Gasteiger partial charge in [0, 0.05) is 18.3 Å². The third-order valence-electron chi connectivity index (χ3n) is 2.00. The molecule has 82 valence electrons. The van der Waals surface area contributed by atoms with Gasteiger partial charge in [0.1, 0.15) is 5.82 Å². The van der Waals surface area contributed by atoms with Crippen molar-refractivity contribution < 1.29 is 4.92 Å². The fraction of sp³-hybridized carbons (Fsp3) is 0. The van der Waals surface area contributed by atoms with Crippen molar-refractivity contribution in [3.05, 3.63) is 45.6 Å². The second-order valence-electron chi connectivity index (χ2n) is 3.05. The van der Waals surface area contributed by atoms with Crippen LogP contribution in [0.3, 0.4) is 0 Å². The lowest BCUT2D eigenvalue weighted by Gasteiger charge is -2.04. The van der Waals surface area contributed by atoms with Crippen LogP contribution in [-0.4, -0.2) is 14.7 Å². The fourth-order valence-electron chi connectivity index (χ4n) is 1.34. The second-order valence-corrected chi connectivity index (χ2v) is 3.46. The summed E-state index contributed by atoms with van der Waals surface area (Å²) in [5, 5.41) is 15.0. The van der Waals surface area contributed by atoms with Crippen molar-refractivity contribution in [1.82, 2.24) is 9.78 Å². The number of nitro benzene ring substituents is 1. The number of anilines is 1. The summed E-state index contributed by atoms with van der Waals surface area (Å²) in [4.78, 5) is 10.3. The molecule has 0 fully saturated rings. The van der Waals surface area contributed by atoms with Gasteiger partial charge in [-0.3, -0.25) is 10.1 Å². The zero-order valence-electron chi connectivity index (χ0n) is 8.00. The first-order valence-electron chi connectivity index (χ1n) is 4.34. The van der Waals surface area contributed by atoms with Crippen LogP contribution in [0.2, 0.25) is 5.02 Å². The normalized spacial score (nSPS) is 10.3. The summed E-state index contributed by atoms with van der Waals surface area (Å²) in [5.74, 6) is 0.272. The smallest absolute Gasteiger partial charge is 0.296 e. The topological polar surface area (TPSA) is 87.0 Å². The van der Waals surface area contributed by atoms with E-state index in [1.54, 1.807) is 6.07 Å². The number of nitrogen functional groups attached to an aromatic ring is 1. The maximum absolute atomic E-state index is 10.8. The molecular formula is C9H7ClN4O2. The van der Waals surface area contributed by atoms with Crippen molar-refractivity contribution in [2.45, 2.75) is 0 Å². The summed E-state index contributed by atoms with van der Waals surface area (Å²) < 4.78 is 1.29. The van der Waals surface area contributed by atoms with E-state index in [9.17, 15) is 10.1 Å². The summed E-state index contributed by atoms with van der Waals surface area (Å²) in [5.41, 5.74) is 5.55. The highest BCUT2D eigenvalue weighted by Gasteiger charge is 2.18. The molecule has 2 N–H and O–H groups in total. The Morgan fingerprint density at radius 3 is 2.75 bits per heavy atom. The number of aromatic nitrogens is 2. The fourth-order valence-corrected chi connectivity index (χ4v) is 1.60. The van der Waals surface area contributed by atoms with E-state index in [1.807, 2.05) is 0 Å². The molecule has 2 rings (SSSR count). The van der Waals surface area contributed by atoms with E-state index in [0.29, 0.717) is 0 Å². The number of rotatable bonds is 2. The molecular weight excluding hydrogens is 232 g/mol. The number of nitro groups is 1. The Labute approximate surface area is 95.4 Å². The average Bonchev–Trinajstić information content (AvgIpc) is 2.64. The molecule has 1 aromatic heterocycles. The summed E-state index contributed by atoms with van der Waals surface area (Å²) in [6, 6.07) is 5.96. The molecule has 0 saturated heterocycles. The molecule has 2 aromatic rings. The largest absolute Gasteiger partial charge is 0.382 e. The molecule has 6 nitrogen and oxygen atoms in total. The number of nitrogens with zero attached hydrogens (tertiary/aromatic N) is 3. The highest BCUT2D eigenvalue weighted by atomic mass is 35.5. The molecule has 0 unspecified atom stereocenters. The molecule has 0 spiro atoms. The predicted molar refractivity (Wildman–Crippen MR) is 59.6 cm³/mol. The highest BCUT2D eigenvalue weighted by Crippen LogP contribution is 2.29. The van der Waals surface area contributed by atoms with Crippen molar-refractivity contribution in [3.8, 4) is 5.69 Å². The number of hydrogen-bond acceptors (Lipinski definition) is 4. The van der Waals surface area contributed by atoms with E-state index in [4.69, 9.17) is 17.3 Å². The van der Waals surface area contributed by atoms with Gasteiger partial charge < -0.3 is 5.73 Å². The number of hydrogen-bond donors (Lipinski definition) is 1. The third-order valence-corrected chi connectivity index (χ3v) is 2.31. The minimum atomic E-state index is -0.515. The minimum absolute atomic E-state index is 0.115. The van der Waals surface area contributed by atoms with Gasteiger partial charge in [-0.1, -0.05) is 17.7 Å². The van der Waals surface area contributed by atoms with Gasteiger partial charge in [-0.15, -0.1) is 0 Å². The first-order chi connectivity index (χ1) is 7.59. The van der Waals surface area contributed by atoms with Crippen LogP contribution in [0, 0.1) is 10.1 Å². The molecule has 0 radical (unpaired) electrons. The standard InChI is InChI=1S/C9H7ClN4O2/c10-6-2-1-3-7(14(15)16)9(6)13-5-4-8(11)12-13/h1-5H,(H2,11,12). The van der Waals surface area contributed by atoms with E-state index in [0.717, 1.165) is 0 Å². The Hall–Kier alpha value is -2.08. The molecule has 16 heavy (non-hydrogen) atoms. The van der Waals surface area contributed by atoms with Crippen LogP contribution in [0.1, 0.15) is 0 Å². The Morgan fingerprint density at radius 1 is 1.44 bits per heavy atom. The van der Waals surface area contributed by atoms with Crippen molar-refractivity contribution in [2.75, 3.05) is 5.73 Å². The molecule has 0 bridgehead atoms. The van der Waals surface area contributed by atoms with Crippen molar-refractivity contribution in [2.24, 2.45) is 0 Å². The molecule has 0 aliphatic heterocycles. The lowest BCUT2D eigenvalue weighted by Crippen LogP contribution is -2.02. The molecule has 0 saturated carbocycles. The van der Waals surface area contributed by atoms with E-state index < -0.39 is 4.92 Å². The quantitative estimate of drug-likeness (QED) is 0.640. The first kappa shape index (κ1) is 10.4. The summed E-state index contributed by atoms with van der Waals surface area (Å²) in [6.07, 6.45) is 1.52. The zero-order chi connectivity index (χ0) is 11.7. The lowest BCUT2D eigenvalue weighted by atomic mass is 10.2. The summed E-state index contributed by atoms with van der Waals surface area (Å²) >= 11 is 5.91. The van der Waals surface area contributed by atoms with E-state index >= 15 is 0 Å². The molecule has 1 aromatic carbocycles. The average molecular weight is 239 g/mol. The van der Waals surface area contributed by atoms with Gasteiger partial charge >= 0.3 is 0 Å². The minimum Gasteiger partial charge on any atom is -0.382 e. The van der Waals surface area contributed by atoms with Crippen LogP contribution >= 0.6 is 11.6 Å². The Morgan fingerprint density at radius 2 is 2.19 bits per heavy atom. The zero-order valence-corrected chi connectivity index (χ0v) is 8.76. The SMILES string of the molecule is Nc1ccn(-c2c(Cl)cccc2[N+](=O)[O-])n1. The van der Waals surface area contributed by atoms with Gasteiger partial charge in [-0.25, -0.2) is 4.68 Å². The molecule has 0 aliphatic carbocycles. The molecule has 0 aliphatic rings. The van der Waals surface area contributed by atoms with Gasteiger partial charge in [0.05, 0.1) is 9.95 Å². The molecule has 0 atom stereocenters. The van der Waals surface area contributed by atoms with Gasteiger partial charge in [0.25, 0.3) is 5.69 Å².